The Morgan fingerprint density at radius 3 is 2.68 bits per heavy atom. The summed E-state index contributed by atoms with van der Waals surface area (Å²) in [6, 6.07) is 4.06. The first-order valence-corrected chi connectivity index (χ1v) is 8.24. The van der Waals surface area contributed by atoms with Gasteiger partial charge in [0.15, 0.2) is 0 Å². The van der Waals surface area contributed by atoms with Crippen molar-refractivity contribution in [2.24, 2.45) is 7.05 Å². The van der Waals surface area contributed by atoms with Crippen molar-refractivity contribution < 1.29 is 9.90 Å². The Kier molecular flexibility index (Phi) is 3.60. The van der Waals surface area contributed by atoms with E-state index in [1.165, 1.54) is 4.90 Å². The molecule has 0 bridgehead atoms. The van der Waals surface area contributed by atoms with Gasteiger partial charge in [-0.25, -0.2) is 14.8 Å². The highest BCUT2D eigenvalue weighted by atomic mass is 16.4. The number of aromatic nitrogens is 4. The molecule has 3 aromatic rings. The first-order valence-electron chi connectivity index (χ1n) is 8.24. The van der Waals surface area contributed by atoms with Crippen LogP contribution in [-0.4, -0.2) is 61.8 Å². The smallest absolute Gasteiger partial charge is 0.407 e. The Morgan fingerprint density at radius 1 is 1.28 bits per heavy atom. The molecule has 8 nitrogen and oxygen atoms in total. The molecule has 25 heavy (non-hydrogen) atoms. The van der Waals surface area contributed by atoms with Gasteiger partial charge in [0, 0.05) is 56.7 Å². The predicted molar refractivity (Wildman–Crippen MR) is 94.8 cm³/mol. The minimum Gasteiger partial charge on any atom is -0.465 e. The summed E-state index contributed by atoms with van der Waals surface area (Å²) in [5, 5.41) is 10.1. The number of nitrogens with zero attached hydrogens (tertiary/aromatic N) is 5. The third-order valence-electron chi connectivity index (χ3n) is 4.78. The number of hydrogen-bond acceptors (Lipinski definition) is 4. The number of anilines is 1. The molecule has 0 saturated carbocycles. The zero-order valence-corrected chi connectivity index (χ0v) is 14.2. The highest BCUT2D eigenvalue weighted by Crippen LogP contribution is 2.30. The lowest BCUT2D eigenvalue weighted by Crippen LogP contribution is -2.48. The van der Waals surface area contributed by atoms with Gasteiger partial charge in [-0.1, -0.05) is 0 Å². The third-order valence-corrected chi connectivity index (χ3v) is 4.78. The van der Waals surface area contributed by atoms with Gasteiger partial charge in [-0.2, -0.15) is 0 Å². The van der Waals surface area contributed by atoms with Gasteiger partial charge >= 0.3 is 6.09 Å². The summed E-state index contributed by atoms with van der Waals surface area (Å²) >= 11 is 0. The molecule has 0 radical (unpaired) electrons. The summed E-state index contributed by atoms with van der Waals surface area (Å²) < 4.78 is 1.99. The number of H-pyrrole nitrogens is 1. The van der Waals surface area contributed by atoms with E-state index in [2.05, 4.69) is 25.9 Å². The van der Waals surface area contributed by atoms with Crippen molar-refractivity contribution in [2.45, 2.75) is 6.92 Å². The van der Waals surface area contributed by atoms with Gasteiger partial charge in [-0.3, -0.25) is 0 Å². The zero-order chi connectivity index (χ0) is 17.6. The Morgan fingerprint density at radius 2 is 2.04 bits per heavy atom. The molecule has 1 saturated heterocycles. The highest BCUT2D eigenvalue weighted by Gasteiger charge is 2.22. The molecule has 130 valence electrons. The maximum Gasteiger partial charge on any atom is 0.407 e. The van der Waals surface area contributed by atoms with Crippen LogP contribution in [0.1, 0.15) is 5.82 Å². The van der Waals surface area contributed by atoms with Gasteiger partial charge < -0.3 is 24.5 Å². The van der Waals surface area contributed by atoms with Crippen LogP contribution in [-0.2, 0) is 7.05 Å². The van der Waals surface area contributed by atoms with Crippen LogP contribution >= 0.6 is 0 Å². The van der Waals surface area contributed by atoms with E-state index in [0.29, 0.717) is 26.2 Å². The lowest BCUT2D eigenvalue weighted by Gasteiger charge is -2.34. The summed E-state index contributed by atoms with van der Waals surface area (Å²) in [6.45, 7) is 4.34. The second-order valence-corrected chi connectivity index (χ2v) is 6.32. The molecule has 1 aliphatic rings. The number of carboxylic acid groups (broad SMARTS) is 1. The number of aromatic amines is 1. The topological polar surface area (TPSA) is 90.3 Å². The fourth-order valence-corrected chi connectivity index (χ4v) is 3.25. The molecule has 0 spiro atoms. The van der Waals surface area contributed by atoms with Crippen LogP contribution in [0.3, 0.4) is 0 Å². The summed E-state index contributed by atoms with van der Waals surface area (Å²) in [7, 11) is 1.97. The molecule has 1 fully saturated rings. The predicted octanol–water partition coefficient (Wildman–Crippen LogP) is 2.07. The van der Waals surface area contributed by atoms with Crippen molar-refractivity contribution in [3.63, 3.8) is 0 Å². The van der Waals surface area contributed by atoms with Gasteiger partial charge in [0.2, 0.25) is 0 Å². The van der Waals surface area contributed by atoms with Crippen LogP contribution in [0, 0.1) is 6.92 Å². The van der Waals surface area contributed by atoms with Crippen molar-refractivity contribution in [1.29, 1.82) is 0 Å². The fraction of sp³-hybridized carbons (Fsp3) is 0.353. The normalized spacial score (nSPS) is 15.1. The Bertz CT molecular complexity index is 916. The number of piperazine rings is 1. The number of nitrogens with one attached hydrogen (secondary N) is 1. The van der Waals surface area contributed by atoms with Gasteiger partial charge in [-0.15, -0.1) is 0 Å². The van der Waals surface area contributed by atoms with E-state index in [0.717, 1.165) is 33.9 Å². The van der Waals surface area contributed by atoms with E-state index in [1.54, 1.807) is 6.20 Å². The number of rotatable bonds is 2. The Labute approximate surface area is 144 Å². The Balaban J connectivity index is 1.67. The summed E-state index contributed by atoms with van der Waals surface area (Å²) in [6.07, 6.45) is 2.92. The number of fused-ring (bicyclic) bond motifs is 1. The van der Waals surface area contributed by atoms with E-state index < -0.39 is 6.09 Å². The van der Waals surface area contributed by atoms with E-state index in [-0.39, 0.29) is 0 Å². The van der Waals surface area contributed by atoms with E-state index in [1.807, 2.05) is 30.8 Å². The second kappa shape index (κ2) is 5.80. The lowest BCUT2D eigenvalue weighted by atomic mass is 10.2. The van der Waals surface area contributed by atoms with Crippen molar-refractivity contribution in [3.05, 3.63) is 30.4 Å². The lowest BCUT2D eigenvalue weighted by molar-refractivity contribution is 0.142. The van der Waals surface area contributed by atoms with Crippen LogP contribution in [0.15, 0.2) is 24.5 Å². The summed E-state index contributed by atoms with van der Waals surface area (Å²) in [5.74, 6) is 0.951. The number of pyridine rings is 1. The number of carbonyl (C=O) groups is 1. The average molecular weight is 340 g/mol. The molecule has 8 heteroatoms. The molecular formula is C17H20N6O2. The van der Waals surface area contributed by atoms with Crippen LogP contribution in [0.2, 0.25) is 0 Å². The number of imidazole rings is 1. The highest BCUT2D eigenvalue weighted by molar-refractivity contribution is 5.93. The van der Waals surface area contributed by atoms with E-state index in [4.69, 9.17) is 5.11 Å². The number of hydrogen-bond donors (Lipinski definition) is 2. The van der Waals surface area contributed by atoms with E-state index >= 15 is 0 Å². The molecule has 0 atom stereocenters. The molecule has 0 aromatic carbocycles. The molecule has 4 rings (SSSR count). The zero-order valence-electron chi connectivity index (χ0n) is 14.2. The van der Waals surface area contributed by atoms with Crippen molar-refractivity contribution in [1.82, 2.24) is 24.4 Å². The number of amides is 1. The van der Waals surface area contributed by atoms with Crippen molar-refractivity contribution in [2.75, 3.05) is 31.1 Å². The standard InChI is InChI=1S/C17H20N6O2/c1-11-19-14(10-21(11)2)13-9-12-15(3-4-18-16(12)20-13)22-5-7-23(8-6-22)17(24)25/h3-4,9-10H,5-8H2,1-2H3,(H,18,20)(H,24,25). The van der Waals surface area contributed by atoms with Crippen LogP contribution < -0.4 is 4.90 Å². The second-order valence-electron chi connectivity index (χ2n) is 6.32. The average Bonchev–Trinajstić information content (AvgIpc) is 3.18. The maximum atomic E-state index is 11.1. The molecular weight excluding hydrogens is 320 g/mol. The third kappa shape index (κ3) is 2.69. The monoisotopic (exact) mass is 340 g/mol. The molecule has 0 unspecified atom stereocenters. The Hall–Kier alpha value is -3.03. The molecule has 3 aromatic heterocycles. The summed E-state index contributed by atoms with van der Waals surface area (Å²) in [4.78, 5) is 27.1. The SMILES string of the molecule is Cc1nc(-c2cc3c(N4CCN(C(=O)O)CC4)ccnc3[nH]2)cn1C. The molecule has 1 aliphatic heterocycles. The minimum absolute atomic E-state index is 0.510. The van der Waals surface area contributed by atoms with Gasteiger partial charge in [-0.05, 0) is 19.1 Å². The van der Waals surface area contributed by atoms with Crippen LogP contribution in [0.4, 0.5) is 10.5 Å². The molecule has 4 heterocycles. The largest absolute Gasteiger partial charge is 0.465 e. The first-order chi connectivity index (χ1) is 12.0. The maximum absolute atomic E-state index is 11.1. The van der Waals surface area contributed by atoms with E-state index in [9.17, 15) is 4.79 Å². The van der Waals surface area contributed by atoms with Crippen molar-refractivity contribution in [3.8, 4) is 11.4 Å². The molecule has 2 N–H and O–H groups in total. The van der Waals surface area contributed by atoms with Gasteiger partial charge in [0.05, 0.1) is 5.69 Å². The first kappa shape index (κ1) is 15.5. The van der Waals surface area contributed by atoms with Gasteiger partial charge in [0.25, 0.3) is 0 Å². The number of aryl methyl sites for hydroxylation is 2. The van der Waals surface area contributed by atoms with Gasteiger partial charge in [0.1, 0.15) is 17.2 Å². The quantitative estimate of drug-likeness (QED) is 0.745. The minimum atomic E-state index is -0.853. The molecule has 1 amide bonds. The molecule has 0 aliphatic carbocycles. The van der Waals surface area contributed by atoms with Crippen LogP contribution in [0.25, 0.3) is 22.4 Å². The van der Waals surface area contributed by atoms with Crippen LogP contribution in [0.5, 0.6) is 0 Å². The summed E-state index contributed by atoms with van der Waals surface area (Å²) in [5.41, 5.74) is 3.71. The fourth-order valence-electron chi connectivity index (χ4n) is 3.25. The van der Waals surface area contributed by atoms with Crippen molar-refractivity contribution >= 4 is 22.8 Å².